The van der Waals surface area contributed by atoms with Crippen LogP contribution in [0.2, 0.25) is 0 Å². The van der Waals surface area contributed by atoms with Crippen molar-refractivity contribution >= 4 is 35.5 Å². The summed E-state index contributed by atoms with van der Waals surface area (Å²) in [7, 11) is 1.43. The Balaban J connectivity index is 1.73. The molecule has 0 spiro atoms. The van der Waals surface area contributed by atoms with Gasteiger partial charge in [-0.15, -0.1) is 0 Å². The van der Waals surface area contributed by atoms with E-state index in [1.54, 1.807) is 68.5 Å². The summed E-state index contributed by atoms with van der Waals surface area (Å²) in [6.07, 6.45) is 2.78. The molecular formula is C30H33N5O5. The van der Waals surface area contributed by atoms with Crippen LogP contribution in [-0.4, -0.2) is 47.5 Å². The predicted molar refractivity (Wildman–Crippen MR) is 147 cm³/mol. The van der Waals surface area contributed by atoms with Gasteiger partial charge in [-0.3, -0.25) is 24.0 Å². The summed E-state index contributed by atoms with van der Waals surface area (Å²) in [5.74, 6) is -5.01. The number of rotatable bonds is 11. The highest BCUT2D eigenvalue weighted by atomic mass is 16.2. The van der Waals surface area contributed by atoms with E-state index in [4.69, 9.17) is 5.26 Å². The number of Topliss-reactive ketones (excluding diaryl/α,β-unsaturated/α-hetero) is 1. The third kappa shape index (κ3) is 7.07. The molecule has 3 rings (SSSR count). The number of benzene rings is 2. The Labute approximate surface area is 233 Å². The van der Waals surface area contributed by atoms with Crippen LogP contribution in [0.3, 0.4) is 0 Å². The van der Waals surface area contributed by atoms with Gasteiger partial charge in [0.05, 0.1) is 36.1 Å². The Morgan fingerprint density at radius 3 is 2.20 bits per heavy atom. The minimum atomic E-state index is -1.20. The lowest BCUT2D eigenvalue weighted by Crippen LogP contribution is -2.50. The van der Waals surface area contributed by atoms with Crippen LogP contribution in [0.1, 0.15) is 49.9 Å². The first-order valence-corrected chi connectivity index (χ1v) is 13.0. The lowest BCUT2D eigenvalue weighted by atomic mass is 9.85. The van der Waals surface area contributed by atoms with Crippen LogP contribution >= 0.6 is 0 Å². The Kier molecular flexibility index (Phi) is 10.1. The minimum Gasteiger partial charge on any atom is -0.346 e. The molecule has 0 radical (unpaired) electrons. The molecule has 1 heterocycles. The van der Waals surface area contributed by atoms with Crippen molar-refractivity contribution in [3.63, 3.8) is 0 Å². The van der Waals surface area contributed by atoms with Crippen LogP contribution in [0.4, 0.5) is 0 Å². The molecule has 40 heavy (non-hydrogen) atoms. The average Bonchev–Trinajstić information content (AvgIpc) is 3.16. The van der Waals surface area contributed by atoms with E-state index in [0.717, 1.165) is 10.6 Å². The van der Waals surface area contributed by atoms with E-state index in [0.29, 0.717) is 11.1 Å². The van der Waals surface area contributed by atoms with Gasteiger partial charge in [-0.25, -0.2) is 10.4 Å². The van der Waals surface area contributed by atoms with Crippen LogP contribution in [-0.2, 0) is 24.0 Å². The molecule has 0 aromatic heterocycles. The average molecular weight is 544 g/mol. The molecule has 2 aromatic carbocycles. The van der Waals surface area contributed by atoms with Crippen LogP contribution in [0, 0.1) is 29.1 Å². The number of nitrogens with one attached hydrogen (secondary N) is 3. The minimum absolute atomic E-state index is 0.160. The maximum absolute atomic E-state index is 13.4. The van der Waals surface area contributed by atoms with Gasteiger partial charge < -0.3 is 10.6 Å². The van der Waals surface area contributed by atoms with E-state index in [2.05, 4.69) is 16.1 Å². The second kappa shape index (κ2) is 13.4. The van der Waals surface area contributed by atoms with Gasteiger partial charge in [0, 0.05) is 13.1 Å². The van der Waals surface area contributed by atoms with E-state index < -0.39 is 53.3 Å². The number of amides is 4. The SMILES string of the molecule is CNN1C(=O)[C@@H](C(=O)[C@@H](NC(=O)C[C@H](NC(=O)/C=C/c2ccc(C#N)cc2)c2ccccc2)C(C)C)[C@H](C)C1=O. The zero-order valence-electron chi connectivity index (χ0n) is 22.9. The third-order valence-electron chi connectivity index (χ3n) is 6.79. The zero-order valence-corrected chi connectivity index (χ0v) is 22.9. The lowest BCUT2D eigenvalue weighted by Gasteiger charge is -2.26. The van der Waals surface area contributed by atoms with Gasteiger partial charge >= 0.3 is 0 Å². The number of ketones is 1. The molecule has 1 saturated heterocycles. The second-order valence-electron chi connectivity index (χ2n) is 9.94. The topological polar surface area (TPSA) is 148 Å². The summed E-state index contributed by atoms with van der Waals surface area (Å²) in [4.78, 5) is 64.5. The molecular weight excluding hydrogens is 510 g/mol. The quantitative estimate of drug-likeness (QED) is 0.224. The number of nitrogens with zero attached hydrogens (tertiary/aromatic N) is 2. The van der Waals surface area contributed by atoms with Crippen LogP contribution < -0.4 is 16.1 Å². The van der Waals surface area contributed by atoms with Crippen molar-refractivity contribution in [2.75, 3.05) is 7.05 Å². The predicted octanol–water partition coefficient (Wildman–Crippen LogP) is 2.28. The van der Waals surface area contributed by atoms with Crippen molar-refractivity contribution in [1.82, 2.24) is 21.1 Å². The molecule has 10 heteroatoms. The highest BCUT2D eigenvalue weighted by Crippen LogP contribution is 2.28. The van der Waals surface area contributed by atoms with Crippen molar-refractivity contribution in [2.24, 2.45) is 17.8 Å². The first-order valence-electron chi connectivity index (χ1n) is 13.0. The van der Waals surface area contributed by atoms with Gasteiger partial charge in [-0.05, 0) is 35.3 Å². The molecule has 4 amide bonds. The van der Waals surface area contributed by atoms with E-state index in [9.17, 15) is 24.0 Å². The van der Waals surface area contributed by atoms with Crippen LogP contribution in [0.5, 0.6) is 0 Å². The van der Waals surface area contributed by atoms with Crippen molar-refractivity contribution in [3.05, 3.63) is 77.4 Å². The molecule has 4 atom stereocenters. The van der Waals surface area contributed by atoms with E-state index >= 15 is 0 Å². The van der Waals surface area contributed by atoms with E-state index in [-0.39, 0.29) is 12.3 Å². The molecule has 0 unspecified atom stereocenters. The Hall–Kier alpha value is -4.62. The summed E-state index contributed by atoms with van der Waals surface area (Å²) in [6.45, 7) is 5.01. The fourth-order valence-corrected chi connectivity index (χ4v) is 4.57. The molecule has 0 saturated carbocycles. The number of carbonyl (C=O) groups excluding carboxylic acids is 5. The highest BCUT2D eigenvalue weighted by molar-refractivity contribution is 6.16. The van der Waals surface area contributed by atoms with Gasteiger partial charge in [0.15, 0.2) is 5.78 Å². The highest BCUT2D eigenvalue weighted by Gasteiger charge is 2.50. The first-order chi connectivity index (χ1) is 19.1. The number of nitriles is 1. The Morgan fingerprint density at radius 2 is 1.65 bits per heavy atom. The van der Waals surface area contributed by atoms with Crippen LogP contribution in [0.25, 0.3) is 6.08 Å². The van der Waals surface area contributed by atoms with Gasteiger partial charge in [-0.1, -0.05) is 63.2 Å². The van der Waals surface area contributed by atoms with Gasteiger partial charge in [0.25, 0.3) is 5.91 Å². The summed E-state index contributed by atoms with van der Waals surface area (Å²) in [5, 5.41) is 15.3. The molecule has 1 fully saturated rings. The lowest BCUT2D eigenvalue weighted by molar-refractivity contribution is -0.144. The van der Waals surface area contributed by atoms with Crippen molar-refractivity contribution in [2.45, 2.75) is 39.3 Å². The molecule has 2 aromatic rings. The number of hydrogen-bond acceptors (Lipinski definition) is 7. The molecule has 10 nitrogen and oxygen atoms in total. The number of imide groups is 1. The number of hydrogen-bond donors (Lipinski definition) is 3. The summed E-state index contributed by atoms with van der Waals surface area (Å²) in [6, 6.07) is 16.0. The van der Waals surface area contributed by atoms with Crippen molar-refractivity contribution in [3.8, 4) is 6.07 Å². The molecule has 1 aliphatic rings. The number of carbonyl (C=O) groups is 5. The summed E-state index contributed by atoms with van der Waals surface area (Å²) < 4.78 is 0. The number of hydrazine groups is 1. The molecule has 0 bridgehead atoms. The Bertz CT molecular complexity index is 1330. The maximum atomic E-state index is 13.4. The normalized spacial score (nSPS) is 18.4. The maximum Gasteiger partial charge on any atom is 0.255 e. The zero-order chi connectivity index (χ0) is 29.4. The van der Waals surface area contributed by atoms with Gasteiger partial charge in [0.1, 0.15) is 5.92 Å². The molecule has 208 valence electrons. The third-order valence-corrected chi connectivity index (χ3v) is 6.79. The fourth-order valence-electron chi connectivity index (χ4n) is 4.57. The standard InChI is InChI=1S/C30H33N5O5/c1-18(2)27(28(38)26-19(3)29(39)35(32-4)30(26)40)34-25(37)16-23(22-8-6-5-7-9-22)33-24(36)15-14-20-10-12-21(17-31)13-11-20/h5-15,18-19,23,26-27,32H,16H2,1-4H3,(H,33,36)(H,34,37)/b15-14+/t19-,23-,26+,27-/m0/s1. The van der Waals surface area contributed by atoms with Crippen molar-refractivity contribution < 1.29 is 24.0 Å². The van der Waals surface area contributed by atoms with E-state index in [1.807, 2.05) is 12.1 Å². The van der Waals surface area contributed by atoms with Crippen molar-refractivity contribution in [1.29, 1.82) is 5.26 Å². The van der Waals surface area contributed by atoms with E-state index in [1.165, 1.54) is 20.0 Å². The monoisotopic (exact) mass is 543 g/mol. The van der Waals surface area contributed by atoms with Gasteiger partial charge in [-0.2, -0.15) is 5.26 Å². The van der Waals surface area contributed by atoms with Gasteiger partial charge in [0.2, 0.25) is 17.7 Å². The largest absolute Gasteiger partial charge is 0.346 e. The molecule has 3 N–H and O–H groups in total. The second-order valence-corrected chi connectivity index (χ2v) is 9.94. The summed E-state index contributed by atoms with van der Waals surface area (Å²) in [5.41, 5.74) is 4.44. The fraction of sp³-hybridized carbons (Fsp3) is 0.333. The molecule has 0 aliphatic carbocycles. The smallest absolute Gasteiger partial charge is 0.255 e. The summed E-state index contributed by atoms with van der Waals surface area (Å²) >= 11 is 0. The van der Waals surface area contributed by atoms with Crippen LogP contribution in [0.15, 0.2) is 60.7 Å². The first kappa shape index (κ1) is 29.9. The molecule has 1 aliphatic heterocycles. The Morgan fingerprint density at radius 1 is 1.00 bits per heavy atom.